The van der Waals surface area contributed by atoms with Crippen molar-refractivity contribution in [3.05, 3.63) is 101 Å². The van der Waals surface area contributed by atoms with Crippen molar-refractivity contribution in [2.75, 3.05) is 13.6 Å². The molecule has 0 fully saturated rings. The van der Waals surface area contributed by atoms with E-state index < -0.39 is 0 Å². The van der Waals surface area contributed by atoms with Gasteiger partial charge in [-0.05, 0) is 34.9 Å². The van der Waals surface area contributed by atoms with Crippen LogP contribution >= 0.6 is 11.6 Å². The molecule has 0 saturated carbocycles. The van der Waals surface area contributed by atoms with Crippen LogP contribution in [0.1, 0.15) is 22.6 Å². The number of rotatable bonds is 4. The van der Waals surface area contributed by atoms with Gasteiger partial charge in [0, 0.05) is 36.9 Å². The first kappa shape index (κ1) is 19.2. The SMILES string of the molecule is CN=C(NCc1cccnc1)N1CC(c2ccccc2)C(c2ccc(Cl)cc2)=N1. The van der Waals surface area contributed by atoms with E-state index >= 15 is 0 Å². The maximum absolute atomic E-state index is 6.09. The second-order valence-corrected chi connectivity index (χ2v) is 7.24. The lowest BCUT2D eigenvalue weighted by Gasteiger charge is -2.19. The largest absolute Gasteiger partial charge is 0.351 e. The molecule has 146 valence electrons. The first-order valence-electron chi connectivity index (χ1n) is 9.51. The zero-order valence-electron chi connectivity index (χ0n) is 16.2. The summed E-state index contributed by atoms with van der Waals surface area (Å²) in [6.07, 6.45) is 3.62. The fraction of sp³-hybridized carbons (Fsp3) is 0.174. The number of nitrogens with zero attached hydrogens (tertiary/aromatic N) is 4. The predicted molar refractivity (Wildman–Crippen MR) is 118 cm³/mol. The van der Waals surface area contributed by atoms with E-state index in [1.807, 2.05) is 53.7 Å². The zero-order valence-corrected chi connectivity index (χ0v) is 16.9. The van der Waals surface area contributed by atoms with Crippen LogP contribution in [0.5, 0.6) is 0 Å². The molecule has 1 aliphatic heterocycles. The Hall–Kier alpha value is -3.18. The number of benzene rings is 2. The molecule has 6 heteroatoms. The monoisotopic (exact) mass is 403 g/mol. The molecule has 1 aliphatic rings. The van der Waals surface area contributed by atoms with Gasteiger partial charge < -0.3 is 5.32 Å². The fourth-order valence-corrected chi connectivity index (χ4v) is 3.56. The lowest BCUT2D eigenvalue weighted by atomic mass is 9.91. The molecule has 4 rings (SSSR count). The number of hydrazone groups is 1. The van der Waals surface area contributed by atoms with Gasteiger partial charge in [0.2, 0.25) is 5.96 Å². The molecule has 0 saturated heterocycles. The minimum atomic E-state index is 0.148. The second-order valence-electron chi connectivity index (χ2n) is 6.80. The molecular formula is C23H22ClN5. The van der Waals surface area contributed by atoms with Crippen molar-refractivity contribution < 1.29 is 0 Å². The van der Waals surface area contributed by atoms with Crippen LogP contribution in [0.2, 0.25) is 5.02 Å². The van der Waals surface area contributed by atoms with Crippen LogP contribution in [0.15, 0.2) is 89.2 Å². The maximum atomic E-state index is 6.09. The van der Waals surface area contributed by atoms with Crippen molar-refractivity contribution in [1.82, 2.24) is 15.3 Å². The summed E-state index contributed by atoms with van der Waals surface area (Å²) >= 11 is 6.09. The van der Waals surface area contributed by atoms with Gasteiger partial charge in [0.15, 0.2) is 0 Å². The summed E-state index contributed by atoms with van der Waals surface area (Å²) in [5.74, 6) is 0.882. The van der Waals surface area contributed by atoms with Crippen LogP contribution < -0.4 is 5.32 Å². The summed E-state index contributed by atoms with van der Waals surface area (Å²) in [6, 6.07) is 22.3. The lowest BCUT2D eigenvalue weighted by molar-refractivity contribution is 0.453. The molecule has 5 nitrogen and oxygen atoms in total. The molecule has 1 atom stereocenters. The number of guanidine groups is 1. The van der Waals surface area contributed by atoms with Crippen LogP contribution in [0.4, 0.5) is 0 Å². The Balaban J connectivity index is 1.60. The minimum Gasteiger partial charge on any atom is -0.351 e. The summed E-state index contributed by atoms with van der Waals surface area (Å²) in [6.45, 7) is 1.35. The quantitative estimate of drug-likeness (QED) is 0.521. The van der Waals surface area contributed by atoms with Gasteiger partial charge in [-0.2, -0.15) is 5.10 Å². The highest BCUT2D eigenvalue weighted by atomic mass is 35.5. The highest BCUT2D eigenvalue weighted by molar-refractivity contribution is 6.30. The van der Waals surface area contributed by atoms with Crippen molar-refractivity contribution in [2.24, 2.45) is 10.1 Å². The molecule has 1 aromatic heterocycles. The molecular weight excluding hydrogens is 382 g/mol. The van der Waals surface area contributed by atoms with E-state index in [1.165, 1.54) is 5.56 Å². The first-order chi connectivity index (χ1) is 14.2. The van der Waals surface area contributed by atoms with Crippen LogP contribution in [0.3, 0.4) is 0 Å². The van der Waals surface area contributed by atoms with Gasteiger partial charge in [-0.15, -0.1) is 0 Å². The smallest absolute Gasteiger partial charge is 0.214 e. The summed E-state index contributed by atoms with van der Waals surface area (Å²) in [7, 11) is 1.78. The van der Waals surface area contributed by atoms with Crippen molar-refractivity contribution in [3.63, 3.8) is 0 Å². The minimum absolute atomic E-state index is 0.148. The molecule has 1 unspecified atom stereocenters. The number of aliphatic imine (C=N–C) groups is 1. The van der Waals surface area contributed by atoms with E-state index in [2.05, 4.69) is 39.6 Å². The molecule has 2 aromatic carbocycles. The Bertz CT molecular complexity index is 1000. The van der Waals surface area contributed by atoms with E-state index in [4.69, 9.17) is 16.7 Å². The summed E-state index contributed by atoms with van der Waals surface area (Å²) in [4.78, 5) is 8.60. The van der Waals surface area contributed by atoms with E-state index in [9.17, 15) is 0 Å². The Morgan fingerprint density at radius 1 is 1.10 bits per heavy atom. The summed E-state index contributed by atoms with van der Waals surface area (Å²) in [5, 5.41) is 11.0. The Morgan fingerprint density at radius 2 is 1.90 bits per heavy atom. The van der Waals surface area contributed by atoms with Crippen LogP contribution in [0, 0.1) is 0 Å². The maximum Gasteiger partial charge on any atom is 0.214 e. The molecule has 0 radical (unpaired) electrons. The molecule has 0 aliphatic carbocycles. The first-order valence-corrected chi connectivity index (χ1v) is 9.89. The normalized spacial score (nSPS) is 16.6. The van der Waals surface area contributed by atoms with Gasteiger partial charge in [-0.1, -0.05) is 60.1 Å². The van der Waals surface area contributed by atoms with Crippen molar-refractivity contribution in [3.8, 4) is 0 Å². The Kier molecular flexibility index (Phi) is 5.86. The highest BCUT2D eigenvalue weighted by Crippen LogP contribution is 2.29. The van der Waals surface area contributed by atoms with E-state index in [1.54, 1.807) is 13.2 Å². The Morgan fingerprint density at radius 3 is 2.59 bits per heavy atom. The van der Waals surface area contributed by atoms with Crippen LogP contribution in [-0.2, 0) is 6.54 Å². The zero-order chi connectivity index (χ0) is 20.1. The number of aromatic nitrogens is 1. The van der Waals surface area contributed by atoms with Gasteiger partial charge in [0.1, 0.15) is 0 Å². The van der Waals surface area contributed by atoms with Gasteiger partial charge >= 0.3 is 0 Å². The van der Waals surface area contributed by atoms with E-state index in [0.29, 0.717) is 13.1 Å². The third-order valence-corrected chi connectivity index (χ3v) is 5.14. The van der Waals surface area contributed by atoms with Crippen LogP contribution in [-0.4, -0.2) is 35.3 Å². The summed E-state index contributed by atoms with van der Waals surface area (Å²) < 4.78 is 0. The average Bonchev–Trinajstić information content (AvgIpc) is 3.21. The second kappa shape index (κ2) is 8.88. The lowest BCUT2D eigenvalue weighted by Crippen LogP contribution is -2.37. The van der Waals surface area contributed by atoms with Gasteiger partial charge in [0.05, 0.1) is 12.3 Å². The van der Waals surface area contributed by atoms with E-state index in [0.717, 1.165) is 27.8 Å². The molecule has 3 aromatic rings. The number of halogens is 1. The Labute approximate surface area is 175 Å². The van der Waals surface area contributed by atoms with Crippen molar-refractivity contribution in [2.45, 2.75) is 12.5 Å². The predicted octanol–water partition coefficient (Wildman–Crippen LogP) is 4.31. The topological polar surface area (TPSA) is 52.9 Å². The number of hydrogen-bond donors (Lipinski definition) is 1. The van der Waals surface area contributed by atoms with Gasteiger partial charge in [0.25, 0.3) is 0 Å². The average molecular weight is 404 g/mol. The molecule has 1 N–H and O–H groups in total. The van der Waals surface area contributed by atoms with Gasteiger partial charge in [-0.25, -0.2) is 5.01 Å². The van der Waals surface area contributed by atoms with Gasteiger partial charge in [-0.3, -0.25) is 9.98 Å². The number of nitrogens with one attached hydrogen (secondary N) is 1. The third-order valence-electron chi connectivity index (χ3n) is 4.89. The standard InChI is InChI=1S/C23H22ClN5/c1-25-23(27-15-17-6-5-13-26-14-17)29-16-21(18-7-3-2-4-8-18)22(28-29)19-9-11-20(24)12-10-19/h2-14,21H,15-16H2,1H3,(H,25,27). The molecule has 0 bridgehead atoms. The fourth-order valence-electron chi connectivity index (χ4n) is 3.43. The molecule has 0 spiro atoms. The van der Waals surface area contributed by atoms with E-state index in [-0.39, 0.29) is 5.92 Å². The highest BCUT2D eigenvalue weighted by Gasteiger charge is 2.31. The number of pyridine rings is 1. The molecule has 0 amide bonds. The van der Waals surface area contributed by atoms with Crippen LogP contribution in [0.25, 0.3) is 0 Å². The number of hydrogen-bond acceptors (Lipinski definition) is 3. The van der Waals surface area contributed by atoms with Crippen molar-refractivity contribution >= 4 is 23.3 Å². The van der Waals surface area contributed by atoms with Crippen molar-refractivity contribution in [1.29, 1.82) is 0 Å². The summed E-state index contributed by atoms with van der Waals surface area (Å²) in [5.41, 5.74) is 4.39. The molecule has 29 heavy (non-hydrogen) atoms. The third kappa shape index (κ3) is 4.46. The molecule has 2 heterocycles.